The zero-order valence-corrected chi connectivity index (χ0v) is 14.3. The molecule has 0 bridgehead atoms. The normalized spacial score (nSPS) is 13.5. The van der Waals surface area contributed by atoms with Gasteiger partial charge in [0, 0.05) is 58.5 Å². The molecule has 126 valence electrons. The number of ether oxygens (including phenoxy) is 2. The maximum atomic E-state index is 12.1. The summed E-state index contributed by atoms with van der Waals surface area (Å²) in [6, 6.07) is 0.0272. The van der Waals surface area contributed by atoms with Gasteiger partial charge in [-0.05, 0) is 27.2 Å². The Kier molecular flexibility index (Phi) is 10.6. The van der Waals surface area contributed by atoms with E-state index in [0.29, 0.717) is 26.2 Å². The summed E-state index contributed by atoms with van der Waals surface area (Å²) in [7, 11) is 3.37. The summed E-state index contributed by atoms with van der Waals surface area (Å²) in [5.41, 5.74) is 5.65. The molecule has 0 saturated heterocycles. The number of nitrogens with two attached hydrogens (primary N) is 1. The molecule has 0 aromatic rings. The standard InChI is InChI=1S/C15H33N3O3/c1-15(2,3)17-14(19)11-13(12-16)18(8-10-21-5)7-6-9-20-4/h13H,6-12,16H2,1-5H3,(H,17,19). The molecule has 0 aromatic carbocycles. The molecule has 21 heavy (non-hydrogen) atoms. The number of amides is 1. The van der Waals surface area contributed by atoms with Crippen molar-refractivity contribution in [2.45, 2.75) is 45.2 Å². The van der Waals surface area contributed by atoms with Gasteiger partial charge in [0.15, 0.2) is 0 Å². The molecule has 0 aliphatic rings. The Balaban J connectivity index is 4.51. The molecule has 0 spiro atoms. The van der Waals surface area contributed by atoms with Crippen LogP contribution in [0.3, 0.4) is 0 Å². The highest BCUT2D eigenvalue weighted by molar-refractivity contribution is 5.77. The lowest BCUT2D eigenvalue weighted by Crippen LogP contribution is -2.48. The minimum Gasteiger partial charge on any atom is -0.385 e. The van der Waals surface area contributed by atoms with Gasteiger partial charge in [-0.2, -0.15) is 0 Å². The third kappa shape index (κ3) is 10.6. The van der Waals surface area contributed by atoms with Crippen LogP contribution in [0.1, 0.15) is 33.6 Å². The van der Waals surface area contributed by atoms with E-state index in [1.165, 1.54) is 0 Å². The van der Waals surface area contributed by atoms with Crippen molar-refractivity contribution in [2.75, 3.05) is 47.1 Å². The number of methoxy groups -OCH3 is 2. The van der Waals surface area contributed by atoms with Crippen LogP contribution < -0.4 is 11.1 Å². The van der Waals surface area contributed by atoms with E-state index in [1.807, 2.05) is 20.8 Å². The molecule has 0 aromatic heterocycles. The van der Waals surface area contributed by atoms with E-state index in [4.69, 9.17) is 15.2 Å². The van der Waals surface area contributed by atoms with Gasteiger partial charge in [-0.1, -0.05) is 0 Å². The van der Waals surface area contributed by atoms with Gasteiger partial charge in [-0.15, -0.1) is 0 Å². The molecule has 3 N–H and O–H groups in total. The maximum absolute atomic E-state index is 12.1. The van der Waals surface area contributed by atoms with Crippen molar-refractivity contribution in [3.8, 4) is 0 Å². The number of carbonyl (C=O) groups excluding carboxylic acids is 1. The first kappa shape index (κ1) is 20.3. The van der Waals surface area contributed by atoms with Gasteiger partial charge >= 0.3 is 0 Å². The van der Waals surface area contributed by atoms with Crippen molar-refractivity contribution in [3.63, 3.8) is 0 Å². The first-order valence-corrected chi connectivity index (χ1v) is 7.57. The molecular weight excluding hydrogens is 270 g/mol. The molecule has 0 fully saturated rings. The monoisotopic (exact) mass is 303 g/mol. The lowest BCUT2D eigenvalue weighted by molar-refractivity contribution is -0.123. The zero-order valence-electron chi connectivity index (χ0n) is 14.3. The van der Waals surface area contributed by atoms with Gasteiger partial charge in [-0.3, -0.25) is 9.69 Å². The van der Waals surface area contributed by atoms with Crippen molar-refractivity contribution in [1.82, 2.24) is 10.2 Å². The molecule has 1 unspecified atom stereocenters. The highest BCUT2D eigenvalue weighted by Gasteiger charge is 2.22. The fourth-order valence-electron chi connectivity index (χ4n) is 2.14. The van der Waals surface area contributed by atoms with Gasteiger partial charge in [0.1, 0.15) is 0 Å². The SMILES string of the molecule is COCCCN(CCOC)C(CN)CC(=O)NC(C)(C)C. The molecule has 1 atom stereocenters. The fraction of sp³-hybridized carbons (Fsp3) is 0.933. The number of nitrogens with zero attached hydrogens (tertiary/aromatic N) is 1. The van der Waals surface area contributed by atoms with Crippen molar-refractivity contribution in [1.29, 1.82) is 0 Å². The lowest BCUT2D eigenvalue weighted by Gasteiger charge is -2.31. The fourth-order valence-corrected chi connectivity index (χ4v) is 2.14. The topological polar surface area (TPSA) is 76.8 Å². The molecule has 0 aliphatic carbocycles. The summed E-state index contributed by atoms with van der Waals surface area (Å²) >= 11 is 0. The van der Waals surface area contributed by atoms with Crippen LogP contribution in [0.2, 0.25) is 0 Å². The number of hydrogen-bond acceptors (Lipinski definition) is 5. The molecule has 6 nitrogen and oxygen atoms in total. The second kappa shape index (κ2) is 11.0. The predicted octanol–water partition coefficient (Wildman–Crippen LogP) is 0.603. The molecule has 0 heterocycles. The lowest BCUT2D eigenvalue weighted by atomic mass is 10.1. The van der Waals surface area contributed by atoms with E-state index >= 15 is 0 Å². The van der Waals surface area contributed by atoms with E-state index in [2.05, 4.69) is 10.2 Å². The Morgan fingerprint density at radius 3 is 2.29 bits per heavy atom. The molecule has 6 heteroatoms. The van der Waals surface area contributed by atoms with E-state index in [1.54, 1.807) is 14.2 Å². The number of carbonyl (C=O) groups is 1. The number of nitrogens with one attached hydrogen (secondary N) is 1. The van der Waals surface area contributed by atoms with Crippen LogP contribution in [0, 0.1) is 0 Å². The van der Waals surface area contributed by atoms with Gasteiger partial charge < -0.3 is 20.5 Å². The van der Waals surface area contributed by atoms with E-state index < -0.39 is 0 Å². The Hall–Kier alpha value is -0.690. The molecule has 0 aliphatic heterocycles. The minimum absolute atomic E-state index is 0.0272. The van der Waals surface area contributed by atoms with Crippen LogP contribution in [0.25, 0.3) is 0 Å². The van der Waals surface area contributed by atoms with Crippen molar-refractivity contribution in [2.24, 2.45) is 5.73 Å². The second-order valence-corrected chi connectivity index (χ2v) is 6.27. The van der Waals surface area contributed by atoms with Crippen LogP contribution in [-0.4, -0.2) is 69.5 Å². The summed E-state index contributed by atoms with van der Waals surface area (Å²) < 4.78 is 10.2. The highest BCUT2D eigenvalue weighted by atomic mass is 16.5. The number of hydrogen-bond donors (Lipinski definition) is 2. The minimum atomic E-state index is -0.219. The van der Waals surface area contributed by atoms with Crippen LogP contribution >= 0.6 is 0 Å². The van der Waals surface area contributed by atoms with E-state index in [0.717, 1.165) is 19.5 Å². The Morgan fingerprint density at radius 1 is 1.19 bits per heavy atom. The summed E-state index contributed by atoms with van der Waals surface area (Å²) in [5, 5.41) is 2.99. The molecule has 0 rings (SSSR count). The smallest absolute Gasteiger partial charge is 0.222 e. The summed E-state index contributed by atoms with van der Waals surface area (Å²) in [6.07, 6.45) is 1.32. The third-order valence-corrected chi connectivity index (χ3v) is 3.10. The van der Waals surface area contributed by atoms with Crippen LogP contribution in [0.5, 0.6) is 0 Å². The Bertz CT molecular complexity index is 280. The summed E-state index contributed by atoms with van der Waals surface area (Å²) in [5.74, 6) is 0.0344. The third-order valence-electron chi connectivity index (χ3n) is 3.10. The Labute approximate surface area is 129 Å². The van der Waals surface area contributed by atoms with Gasteiger partial charge in [0.25, 0.3) is 0 Å². The molecule has 0 radical (unpaired) electrons. The van der Waals surface area contributed by atoms with Crippen LogP contribution in [0.4, 0.5) is 0 Å². The molecule has 1 amide bonds. The summed E-state index contributed by atoms with van der Waals surface area (Å²) in [4.78, 5) is 14.3. The largest absolute Gasteiger partial charge is 0.385 e. The maximum Gasteiger partial charge on any atom is 0.222 e. The van der Waals surface area contributed by atoms with Crippen LogP contribution in [-0.2, 0) is 14.3 Å². The van der Waals surface area contributed by atoms with Crippen molar-refractivity contribution in [3.05, 3.63) is 0 Å². The molecular formula is C15H33N3O3. The van der Waals surface area contributed by atoms with Crippen LogP contribution in [0.15, 0.2) is 0 Å². The summed E-state index contributed by atoms with van der Waals surface area (Å²) in [6.45, 7) is 9.33. The van der Waals surface area contributed by atoms with Gasteiger partial charge in [0.2, 0.25) is 5.91 Å². The highest BCUT2D eigenvalue weighted by Crippen LogP contribution is 2.07. The Morgan fingerprint density at radius 2 is 1.81 bits per heavy atom. The average Bonchev–Trinajstić information content (AvgIpc) is 2.38. The van der Waals surface area contributed by atoms with Crippen molar-refractivity contribution >= 4 is 5.91 Å². The second-order valence-electron chi connectivity index (χ2n) is 6.27. The predicted molar refractivity (Wildman–Crippen MR) is 85.3 cm³/mol. The quantitative estimate of drug-likeness (QED) is 0.547. The van der Waals surface area contributed by atoms with E-state index in [9.17, 15) is 4.79 Å². The zero-order chi connectivity index (χ0) is 16.3. The first-order chi connectivity index (χ1) is 9.84. The first-order valence-electron chi connectivity index (χ1n) is 7.57. The van der Waals surface area contributed by atoms with Crippen molar-refractivity contribution < 1.29 is 14.3 Å². The average molecular weight is 303 g/mol. The van der Waals surface area contributed by atoms with E-state index in [-0.39, 0.29) is 17.5 Å². The number of rotatable bonds is 11. The van der Waals surface area contributed by atoms with Gasteiger partial charge in [-0.25, -0.2) is 0 Å². The van der Waals surface area contributed by atoms with Gasteiger partial charge in [0.05, 0.1) is 6.61 Å². The molecule has 0 saturated carbocycles.